The molecule has 12 heteroatoms. The van der Waals surface area contributed by atoms with Gasteiger partial charge in [0.15, 0.2) is 0 Å². The number of likely N-dealkylation sites (N-methyl/N-ethyl adjacent to an activating group) is 3. The van der Waals surface area contributed by atoms with Crippen molar-refractivity contribution < 1.29 is 29.0 Å². The zero-order valence-electron chi connectivity index (χ0n) is 26.4. The molecule has 0 radical (unpaired) electrons. The van der Waals surface area contributed by atoms with Gasteiger partial charge in [-0.1, -0.05) is 46.8 Å². The van der Waals surface area contributed by atoms with E-state index in [2.05, 4.69) is 15.5 Å². The number of ether oxygens (including phenoxy) is 1. The molecule has 0 bridgehead atoms. The molecule has 0 saturated heterocycles. The fourth-order valence-corrected chi connectivity index (χ4v) is 3.85. The van der Waals surface area contributed by atoms with Crippen LogP contribution in [0.1, 0.15) is 50.5 Å². The van der Waals surface area contributed by atoms with Gasteiger partial charge in [-0.2, -0.15) is 10.2 Å². The maximum atomic E-state index is 12.6. The third-order valence-electron chi connectivity index (χ3n) is 6.48. The van der Waals surface area contributed by atoms with E-state index >= 15 is 0 Å². The second kappa shape index (κ2) is 15.7. The molecular formula is C31H44N6O6. The molecule has 0 aliphatic heterocycles. The second-order valence-corrected chi connectivity index (χ2v) is 11.7. The zero-order valence-corrected chi connectivity index (χ0v) is 26.4. The lowest BCUT2D eigenvalue weighted by atomic mass is 9.95. The normalized spacial score (nSPS) is 11.4. The number of nitrogens with zero attached hydrogens (tertiary/aromatic N) is 5. The van der Waals surface area contributed by atoms with Gasteiger partial charge in [0.25, 0.3) is 5.91 Å². The minimum atomic E-state index is -0.519. The number of nitrogens with one attached hydrogen (secondary N) is 1. The van der Waals surface area contributed by atoms with Gasteiger partial charge in [0, 0.05) is 58.7 Å². The van der Waals surface area contributed by atoms with Crippen molar-refractivity contribution in [2.75, 3.05) is 47.3 Å². The van der Waals surface area contributed by atoms with Crippen LogP contribution in [-0.4, -0.2) is 90.9 Å². The molecule has 0 aliphatic carbocycles. The Labute approximate surface area is 253 Å². The highest BCUT2D eigenvalue weighted by Crippen LogP contribution is 2.25. The molecule has 12 nitrogen and oxygen atoms in total. The van der Waals surface area contributed by atoms with Crippen LogP contribution in [0.5, 0.6) is 5.75 Å². The van der Waals surface area contributed by atoms with E-state index in [1.807, 2.05) is 34.6 Å². The lowest BCUT2D eigenvalue weighted by Gasteiger charge is -2.26. The molecule has 4 amide bonds. The van der Waals surface area contributed by atoms with Gasteiger partial charge in [-0.15, -0.1) is 0 Å². The highest BCUT2D eigenvalue weighted by atomic mass is 16.6. The van der Waals surface area contributed by atoms with Crippen molar-refractivity contribution >= 4 is 35.2 Å². The first-order valence-corrected chi connectivity index (χ1v) is 14.1. The number of hydrogen-bond donors (Lipinski definition) is 2. The van der Waals surface area contributed by atoms with Crippen LogP contribution in [0.2, 0.25) is 0 Å². The van der Waals surface area contributed by atoms with Gasteiger partial charge in [0.05, 0.1) is 16.9 Å². The number of aromatic hydroxyl groups is 1. The van der Waals surface area contributed by atoms with Crippen molar-refractivity contribution in [1.82, 2.24) is 20.0 Å². The summed E-state index contributed by atoms with van der Waals surface area (Å²) in [5.41, 5.74) is 1.18. The summed E-state index contributed by atoms with van der Waals surface area (Å²) in [6.45, 7) is 10.5. The number of benzene rings is 2. The van der Waals surface area contributed by atoms with Crippen LogP contribution in [0, 0.1) is 11.3 Å². The van der Waals surface area contributed by atoms with E-state index in [0.29, 0.717) is 31.0 Å². The number of phenols is 1. The van der Waals surface area contributed by atoms with Gasteiger partial charge in [0.2, 0.25) is 11.8 Å². The monoisotopic (exact) mass is 596 g/mol. The Morgan fingerprint density at radius 3 is 2.05 bits per heavy atom. The van der Waals surface area contributed by atoms with E-state index in [1.165, 1.54) is 23.1 Å². The highest BCUT2D eigenvalue weighted by molar-refractivity contribution is 5.97. The summed E-state index contributed by atoms with van der Waals surface area (Å²) >= 11 is 0. The lowest BCUT2D eigenvalue weighted by molar-refractivity contribution is -0.138. The Hall–Kier alpha value is -4.48. The molecule has 2 aromatic carbocycles. The molecule has 0 saturated carbocycles. The predicted molar refractivity (Wildman–Crippen MR) is 163 cm³/mol. The molecule has 0 aliphatic rings. The maximum absolute atomic E-state index is 12.6. The second-order valence-electron chi connectivity index (χ2n) is 11.7. The van der Waals surface area contributed by atoms with Gasteiger partial charge in [-0.3, -0.25) is 14.4 Å². The number of amides is 4. The van der Waals surface area contributed by atoms with Gasteiger partial charge in [-0.25, -0.2) is 4.79 Å². The van der Waals surface area contributed by atoms with E-state index in [-0.39, 0.29) is 42.2 Å². The molecule has 0 aromatic heterocycles. The minimum absolute atomic E-state index is 0.0145. The molecule has 2 N–H and O–H groups in total. The van der Waals surface area contributed by atoms with Gasteiger partial charge >= 0.3 is 6.09 Å². The molecule has 0 atom stereocenters. The Kier molecular flexibility index (Phi) is 12.6. The van der Waals surface area contributed by atoms with Crippen LogP contribution in [0.3, 0.4) is 0 Å². The smallest absolute Gasteiger partial charge is 0.409 e. The third-order valence-corrected chi connectivity index (χ3v) is 6.48. The van der Waals surface area contributed by atoms with Crippen LogP contribution < -0.4 is 5.32 Å². The lowest BCUT2D eigenvalue weighted by Crippen LogP contribution is -2.41. The van der Waals surface area contributed by atoms with Crippen LogP contribution in [0.15, 0.2) is 52.7 Å². The Bertz CT molecular complexity index is 1300. The Morgan fingerprint density at radius 1 is 0.860 bits per heavy atom. The van der Waals surface area contributed by atoms with Crippen LogP contribution in [0.4, 0.5) is 16.2 Å². The highest BCUT2D eigenvalue weighted by Gasteiger charge is 2.24. The quantitative estimate of drug-likeness (QED) is 0.339. The summed E-state index contributed by atoms with van der Waals surface area (Å²) in [5.74, 6) is -0.821. The predicted octanol–water partition coefficient (Wildman–Crippen LogP) is 4.72. The number of phenolic OH excluding ortho intramolecular Hbond substituents is 1. The van der Waals surface area contributed by atoms with Crippen LogP contribution in [0.25, 0.3) is 0 Å². The third kappa shape index (κ3) is 11.0. The molecule has 2 aromatic rings. The Morgan fingerprint density at radius 2 is 1.44 bits per heavy atom. The zero-order chi connectivity index (χ0) is 32.3. The van der Waals surface area contributed by atoms with E-state index in [4.69, 9.17) is 4.74 Å². The summed E-state index contributed by atoms with van der Waals surface area (Å²) in [7, 11) is 5.00. The standard InChI is InChI=1S/C31H44N6O6/c1-21(2)28(40)35(6)17-18-37(8)30(42)43-20-22-9-11-23(12-10-22)33-34-24-13-14-26(38)25(19-24)27(39)32-15-16-36(7)29(41)31(3,4)5/h9-14,19,21,38H,15-18,20H2,1-8H3,(H,32,39). The largest absolute Gasteiger partial charge is 0.507 e. The molecular weight excluding hydrogens is 552 g/mol. The fourth-order valence-electron chi connectivity index (χ4n) is 3.85. The van der Waals surface area contributed by atoms with E-state index in [9.17, 15) is 24.3 Å². The average Bonchev–Trinajstić information content (AvgIpc) is 2.96. The summed E-state index contributed by atoms with van der Waals surface area (Å²) in [6.07, 6.45) is -0.494. The molecule has 0 fully saturated rings. The average molecular weight is 597 g/mol. The molecule has 0 heterocycles. The summed E-state index contributed by atoms with van der Waals surface area (Å²) in [4.78, 5) is 53.8. The molecule has 43 heavy (non-hydrogen) atoms. The van der Waals surface area contributed by atoms with Crippen molar-refractivity contribution in [3.8, 4) is 5.75 Å². The first-order valence-electron chi connectivity index (χ1n) is 14.1. The van der Waals surface area contributed by atoms with Crippen molar-refractivity contribution in [1.29, 1.82) is 0 Å². The summed E-state index contributed by atoms with van der Waals surface area (Å²) in [5, 5.41) is 21.3. The van der Waals surface area contributed by atoms with Crippen molar-refractivity contribution in [2.45, 2.75) is 41.2 Å². The minimum Gasteiger partial charge on any atom is -0.507 e. The number of rotatable bonds is 12. The van der Waals surface area contributed by atoms with Crippen LogP contribution >= 0.6 is 0 Å². The van der Waals surface area contributed by atoms with E-state index in [0.717, 1.165) is 5.56 Å². The number of azo groups is 1. The maximum Gasteiger partial charge on any atom is 0.409 e. The molecule has 2 rings (SSSR count). The van der Waals surface area contributed by atoms with Gasteiger partial charge in [-0.05, 0) is 35.9 Å². The van der Waals surface area contributed by atoms with Gasteiger partial charge in [0.1, 0.15) is 12.4 Å². The topological polar surface area (TPSA) is 144 Å². The molecule has 0 unspecified atom stereocenters. The summed E-state index contributed by atoms with van der Waals surface area (Å²) < 4.78 is 5.36. The molecule has 234 valence electrons. The number of hydrogen-bond acceptors (Lipinski definition) is 8. The first kappa shape index (κ1) is 34.7. The fraction of sp³-hybridized carbons (Fsp3) is 0.484. The van der Waals surface area contributed by atoms with E-state index in [1.54, 1.807) is 55.2 Å². The SMILES string of the molecule is CC(C)C(=O)N(C)CCN(C)C(=O)OCc1ccc(N=Nc2ccc(O)c(C(=O)NCCN(C)C(=O)C(C)(C)C)c2)cc1. The summed E-state index contributed by atoms with van der Waals surface area (Å²) in [6, 6.07) is 11.3. The molecule has 0 spiro atoms. The van der Waals surface area contributed by atoms with Crippen molar-refractivity contribution in [3.63, 3.8) is 0 Å². The first-order chi connectivity index (χ1) is 20.1. The van der Waals surface area contributed by atoms with Crippen molar-refractivity contribution in [3.05, 3.63) is 53.6 Å². The number of carbonyl (C=O) groups excluding carboxylic acids is 4. The van der Waals surface area contributed by atoms with Crippen molar-refractivity contribution in [2.24, 2.45) is 21.6 Å². The number of carbonyl (C=O) groups is 4. The Balaban J connectivity index is 1.89. The van der Waals surface area contributed by atoms with Crippen LogP contribution in [-0.2, 0) is 20.9 Å². The van der Waals surface area contributed by atoms with Gasteiger partial charge < -0.3 is 29.9 Å². The van der Waals surface area contributed by atoms with E-state index < -0.39 is 17.4 Å².